The number of aromatic nitrogens is 1. The largest absolute Gasteiger partial charge is 0.345 e. The minimum atomic E-state index is -0.180. The van der Waals surface area contributed by atoms with Gasteiger partial charge < -0.3 is 5.32 Å². The smallest absolute Gasteiger partial charge is 0.253 e. The molecule has 4 heteroatoms. The molecule has 3 nitrogen and oxygen atoms in total. The Morgan fingerprint density at radius 1 is 1.09 bits per heavy atom. The molecule has 1 atom stereocenters. The molecule has 1 amide bonds. The van der Waals surface area contributed by atoms with Crippen molar-refractivity contribution in [3.05, 3.63) is 76.9 Å². The highest BCUT2D eigenvalue weighted by Gasteiger charge is 2.15. The van der Waals surface area contributed by atoms with E-state index in [-0.39, 0.29) is 11.9 Å². The van der Waals surface area contributed by atoms with Gasteiger partial charge in [-0.05, 0) is 30.7 Å². The summed E-state index contributed by atoms with van der Waals surface area (Å²) in [5, 5.41) is 4.57. The first-order chi connectivity index (χ1) is 10.7. The molecule has 110 valence electrons. The van der Waals surface area contributed by atoms with Gasteiger partial charge in [0.05, 0.1) is 17.1 Å². The van der Waals surface area contributed by atoms with Crippen molar-refractivity contribution < 1.29 is 4.79 Å². The maximum absolute atomic E-state index is 12.6. The van der Waals surface area contributed by atoms with Crippen molar-refractivity contribution in [1.82, 2.24) is 10.3 Å². The zero-order valence-corrected chi connectivity index (χ0v) is 12.8. The molecule has 0 bridgehead atoms. The monoisotopic (exact) mass is 310 g/mol. The Kier molecular flexibility index (Phi) is 4.07. The van der Waals surface area contributed by atoms with E-state index in [9.17, 15) is 4.79 Å². The molecular formula is C18H15ClN2O. The number of hydrogen-bond donors (Lipinski definition) is 1. The van der Waals surface area contributed by atoms with Crippen molar-refractivity contribution >= 4 is 28.4 Å². The normalized spacial score (nSPS) is 12.1. The lowest BCUT2D eigenvalue weighted by Crippen LogP contribution is -2.27. The molecule has 2 aromatic carbocycles. The Bertz CT molecular complexity index is 827. The average Bonchev–Trinajstić information content (AvgIpc) is 2.54. The van der Waals surface area contributed by atoms with Gasteiger partial charge in [-0.25, -0.2) is 0 Å². The van der Waals surface area contributed by atoms with E-state index in [1.807, 2.05) is 55.5 Å². The Morgan fingerprint density at radius 3 is 2.68 bits per heavy atom. The van der Waals surface area contributed by atoms with E-state index < -0.39 is 0 Å². The number of benzene rings is 2. The van der Waals surface area contributed by atoms with Crippen molar-refractivity contribution in [3.63, 3.8) is 0 Å². The second-order valence-corrected chi connectivity index (χ2v) is 5.50. The average molecular weight is 311 g/mol. The first-order valence-corrected chi connectivity index (χ1v) is 7.43. The van der Waals surface area contributed by atoms with E-state index in [2.05, 4.69) is 10.3 Å². The maximum atomic E-state index is 12.6. The van der Waals surface area contributed by atoms with Crippen molar-refractivity contribution in [3.8, 4) is 0 Å². The zero-order chi connectivity index (χ0) is 15.5. The highest BCUT2D eigenvalue weighted by molar-refractivity contribution is 6.31. The molecule has 1 aromatic heterocycles. The number of hydrogen-bond acceptors (Lipinski definition) is 2. The number of halogens is 1. The lowest BCUT2D eigenvalue weighted by atomic mass is 10.1. The third kappa shape index (κ3) is 2.81. The second-order valence-electron chi connectivity index (χ2n) is 5.10. The number of para-hydroxylation sites is 1. The van der Waals surface area contributed by atoms with Gasteiger partial charge in [-0.1, -0.05) is 48.0 Å². The van der Waals surface area contributed by atoms with Crippen molar-refractivity contribution in [2.45, 2.75) is 13.0 Å². The van der Waals surface area contributed by atoms with Crippen LogP contribution in [0.1, 0.15) is 28.9 Å². The van der Waals surface area contributed by atoms with Gasteiger partial charge in [0.1, 0.15) is 0 Å². The van der Waals surface area contributed by atoms with Gasteiger partial charge in [0.15, 0.2) is 0 Å². The van der Waals surface area contributed by atoms with E-state index in [4.69, 9.17) is 11.6 Å². The number of rotatable bonds is 3. The lowest BCUT2D eigenvalue weighted by Gasteiger charge is -2.16. The number of nitrogens with zero attached hydrogens (tertiary/aromatic N) is 1. The standard InChI is InChI=1S/C18H15ClN2O/c1-12(14-8-2-3-10-16(14)19)21-18(22)15-9-4-6-13-7-5-11-20-17(13)15/h2-12H,1H3,(H,21,22). The molecular weight excluding hydrogens is 296 g/mol. The molecule has 0 aliphatic carbocycles. The third-order valence-corrected chi connectivity index (χ3v) is 3.94. The molecule has 0 radical (unpaired) electrons. The van der Waals surface area contributed by atoms with Crippen LogP contribution in [0.25, 0.3) is 10.9 Å². The number of amides is 1. The Morgan fingerprint density at radius 2 is 1.86 bits per heavy atom. The van der Waals surface area contributed by atoms with Crippen LogP contribution in [0.15, 0.2) is 60.8 Å². The van der Waals surface area contributed by atoms with Crippen LogP contribution in [0, 0.1) is 0 Å². The Balaban J connectivity index is 1.89. The summed E-state index contributed by atoms with van der Waals surface area (Å²) in [6.45, 7) is 1.91. The van der Waals surface area contributed by atoms with Gasteiger partial charge in [-0.15, -0.1) is 0 Å². The lowest BCUT2D eigenvalue weighted by molar-refractivity contribution is 0.0941. The molecule has 1 unspecified atom stereocenters. The molecule has 1 N–H and O–H groups in total. The molecule has 0 saturated carbocycles. The predicted molar refractivity (Wildman–Crippen MR) is 89.1 cm³/mol. The van der Waals surface area contributed by atoms with E-state index in [1.165, 1.54) is 0 Å². The second kappa shape index (κ2) is 6.16. The van der Waals surface area contributed by atoms with Crippen LogP contribution in [-0.2, 0) is 0 Å². The van der Waals surface area contributed by atoms with Crippen LogP contribution in [0.4, 0.5) is 0 Å². The fourth-order valence-electron chi connectivity index (χ4n) is 2.47. The highest BCUT2D eigenvalue weighted by atomic mass is 35.5. The fraction of sp³-hybridized carbons (Fsp3) is 0.111. The summed E-state index contributed by atoms with van der Waals surface area (Å²) in [7, 11) is 0. The summed E-state index contributed by atoms with van der Waals surface area (Å²) in [6, 6.07) is 16.7. The van der Waals surface area contributed by atoms with Crippen LogP contribution in [-0.4, -0.2) is 10.9 Å². The number of carbonyl (C=O) groups is 1. The molecule has 0 aliphatic heterocycles. The van der Waals surface area contributed by atoms with Crippen molar-refractivity contribution in [2.75, 3.05) is 0 Å². The minimum absolute atomic E-state index is 0.156. The van der Waals surface area contributed by atoms with Crippen LogP contribution in [0.5, 0.6) is 0 Å². The number of carbonyl (C=O) groups excluding carboxylic acids is 1. The summed E-state index contributed by atoms with van der Waals surface area (Å²) in [5.41, 5.74) is 2.16. The van der Waals surface area contributed by atoms with Gasteiger partial charge >= 0.3 is 0 Å². The molecule has 3 rings (SSSR count). The molecule has 0 spiro atoms. The first kappa shape index (κ1) is 14.5. The highest BCUT2D eigenvalue weighted by Crippen LogP contribution is 2.23. The third-order valence-electron chi connectivity index (χ3n) is 3.60. The molecule has 0 saturated heterocycles. The van der Waals surface area contributed by atoms with Crippen LogP contribution >= 0.6 is 11.6 Å². The van der Waals surface area contributed by atoms with Crippen molar-refractivity contribution in [1.29, 1.82) is 0 Å². The maximum Gasteiger partial charge on any atom is 0.253 e. The molecule has 0 fully saturated rings. The molecule has 3 aromatic rings. The Labute approximate surface area is 133 Å². The van der Waals surface area contributed by atoms with Gasteiger partial charge in [0.25, 0.3) is 5.91 Å². The summed E-state index contributed by atoms with van der Waals surface area (Å²) in [5.74, 6) is -0.156. The SMILES string of the molecule is CC(NC(=O)c1cccc2cccnc12)c1ccccc1Cl. The quantitative estimate of drug-likeness (QED) is 0.780. The van der Waals surface area contributed by atoms with Gasteiger partial charge in [-0.2, -0.15) is 0 Å². The zero-order valence-electron chi connectivity index (χ0n) is 12.1. The van der Waals surface area contributed by atoms with Crippen molar-refractivity contribution in [2.24, 2.45) is 0 Å². The molecule has 0 aliphatic rings. The van der Waals surface area contributed by atoms with Gasteiger partial charge in [0.2, 0.25) is 0 Å². The van der Waals surface area contributed by atoms with E-state index in [1.54, 1.807) is 12.3 Å². The summed E-state index contributed by atoms with van der Waals surface area (Å²) < 4.78 is 0. The molecule has 22 heavy (non-hydrogen) atoms. The van der Waals surface area contributed by atoms with Crippen LogP contribution < -0.4 is 5.32 Å². The minimum Gasteiger partial charge on any atom is -0.345 e. The fourth-order valence-corrected chi connectivity index (χ4v) is 2.77. The van der Waals surface area contributed by atoms with E-state index in [0.29, 0.717) is 16.1 Å². The predicted octanol–water partition coefficient (Wildman–Crippen LogP) is 4.38. The Hall–Kier alpha value is -2.39. The summed E-state index contributed by atoms with van der Waals surface area (Å²) >= 11 is 6.18. The van der Waals surface area contributed by atoms with E-state index >= 15 is 0 Å². The van der Waals surface area contributed by atoms with Gasteiger partial charge in [0, 0.05) is 16.6 Å². The summed E-state index contributed by atoms with van der Waals surface area (Å²) in [6.07, 6.45) is 1.69. The molecule has 1 heterocycles. The summed E-state index contributed by atoms with van der Waals surface area (Å²) in [4.78, 5) is 16.9. The van der Waals surface area contributed by atoms with Crippen LogP contribution in [0.2, 0.25) is 5.02 Å². The van der Waals surface area contributed by atoms with Crippen LogP contribution in [0.3, 0.4) is 0 Å². The first-order valence-electron chi connectivity index (χ1n) is 7.06. The van der Waals surface area contributed by atoms with Gasteiger partial charge in [-0.3, -0.25) is 9.78 Å². The number of fused-ring (bicyclic) bond motifs is 1. The number of nitrogens with one attached hydrogen (secondary N) is 1. The van der Waals surface area contributed by atoms with E-state index in [0.717, 1.165) is 10.9 Å². The topological polar surface area (TPSA) is 42.0 Å². The number of pyridine rings is 1.